The summed E-state index contributed by atoms with van der Waals surface area (Å²) in [6.45, 7) is 0. The van der Waals surface area contributed by atoms with Gasteiger partial charge in [-0.3, -0.25) is 0 Å². The molecule has 4 N–H and O–H groups in total. The molecular formula is C12H8Cl2FN3O2. The number of hydrogen-bond donors (Lipinski definition) is 2. The summed E-state index contributed by atoms with van der Waals surface area (Å²) in [6.07, 6.45) is 0. The Balaban J connectivity index is 2.65. The van der Waals surface area contributed by atoms with E-state index >= 15 is 0 Å². The third kappa shape index (κ3) is 2.67. The van der Waals surface area contributed by atoms with Crippen LogP contribution in [-0.2, 0) is 4.84 Å². The van der Waals surface area contributed by atoms with Crippen molar-refractivity contribution in [3.63, 3.8) is 0 Å². The predicted octanol–water partition coefficient (Wildman–Crippen LogP) is 2.81. The van der Waals surface area contributed by atoms with Gasteiger partial charge in [0.25, 0.3) is 0 Å². The van der Waals surface area contributed by atoms with Crippen LogP contribution in [0.25, 0.3) is 11.3 Å². The Hall–Kier alpha value is -1.89. The van der Waals surface area contributed by atoms with Crippen LogP contribution in [0.3, 0.4) is 0 Å². The van der Waals surface area contributed by atoms with Gasteiger partial charge in [-0.1, -0.05) is 23.2 Å². The molecule has 20 heavy (non-hydrogen) atoms. The summed E-state index contributed by atoms with van der Waals surface area (Å²) in [5.74, 6) is 3.04. The lowest BCUT2D eigenvalue weighted by atomic mass is 10.1. The highest BCUT2D eigenvalue weighted by molar-refractivity contribution is 6.33. The van der Waals surface area contributed by atoms with Crippen molar-refractivity contribution in [3.8, 4) is 11.3 Å². The van der Waals surface area contributed by atoms with E-state index in [9.17, 15) is 9.18 Å². The summed E-state index contributed by atoms with van der Waals surface area (Å²) < 4.78 is 13.9. The molecule has 8 heteroatoms. The van der Waals surface area contributed by atoms with E-state index in [1.54, 1.807) is 0 Å². The number of aromatic nitrogens is 1. The topological polar surface area (TPSA) is 91.2 Å². The van der Waals surface area contributed by atoms with Crippen molar-refractivity contribution in [1.82, 2.24) is 4.98 Å². The minimum absolute atomic E-state index is 0.149. The second-order valence-electron chi connectivity index (χ2n) is 3.79. The van der Waals surface area contributed by atoms with Crippen molar-refractivity contribution in [2.75, 3.05) is 5.73 Å². The van der Waals surface area contributed by atoms with E-state index in [0.29, 0.717) is 5.02 Å². The van der Waals surface area contributed by atoms with Crippen molar-refractivity contribution in [2.24, 2.45) is 5.90 Å². The van der Waals surface area contributed by atoms with Gasteiger partial charge in [0.15, 0.2) is 11.5 Å². The van der Waals surface area contributed by atoms with Gasteiger partial charge < -0.3 is 10.6 Å². The van der Waals surface area contributed by atoms with Crippen molar-refractivity contribution >= 4 is 34.9 Å². The highest BCUT2D eigenvalue weighted by Gasteiger charge is 2.19. The molecule has 0 aliphatic carbocycles. The Bertz CT molecular complexity index is 695. The molecule has 0 unspecified atom stereocenters. The molecule has 0 saturated heterocycles. The fourth-order valence-corrected chi connectivity index (χ4v) is 2.00. The van der Waals surface area contributed by atoms with Crippen molar-refractivity contribution in [3.05, 3.63) is 45.8 Å². The molecule has 5 nitrogen and oxygen atoms in total. The van der Waals surface area contributed by atoms with Gasteiger partial charge in [-0.25, -0.2) is 14.2 Å². The van der Waals surface area contributed by atoms with Crippen LogP contribution in [0.2, 0.25) is 10.0 Å². The number of rotatable bonds is 2. The molecule has 0 radical (unpaired) electrons. The van der Waals surface area contributed by atoms with Crippen molar-refractivity contribution < 1.29 is 14.0 Å². The van der Waals surface area contributed by atoms with Crippen LogP contribution in [0.4, 0.5) is 10.1 Å². The van der Waals surface area contributed by atoms with Gasteiger partial charge >= 0.3 is 5.97 Å². The van der Waals surface area contributed by atoms with Gasteiger partial charge in [-0.05, 0) is 24.3 Å². The quantitative estimate of drug-likeness (QED) is 0.656. The fraction of sp³-hybridized carbons (Fsp3) is 0. The van der Waals surface area contributed by atoms with Crippen molar-refractivity contribution in [2.45, 2.75) is 0 Å². The molecule has 0 aliphatic rings. The number of nitrogens with two attached hydrogens (primary N) is 2. The normalized spacial score (nSPS) is 10.4. The average molecular weight is 316 g/mol. The molecule has 0 aliphatic heterocycles. The third-order valence-electron chi connectivity index (χ3n) is 2.50. The summed E-state index contributed by atoms with van der Waals surface area (Å²) in [4.78, 5) is 19.3. The summed E-state index contributed by atoms with van der Waals surface area (Å²) in [5, 5.41) is 0.177. The first-order valence-corrected chi connectivity index (χ1v) is 6.02. The number of halogens is 3. The Kier molecular flexibility index (Phi) is 4.08. The van der Waals surface area contributed by atoms with Gasteiger partial charge in [0, 0.05) is 16.3 Å². The highest BCUT2D eigenvalue weighted by atomic mass is 35.5. The summed E-state index contributed by atoms with van der Waals surface area (Å²) in [6, 6.07) is 5.37. The van der Waals surface area contributed by atoms with E-state index in [1.165, 1.54) is 18.2 Å². The molecule has 1 heterocycles. The Morgan fingerprint density at radius 3 is 2.60 bits per heavy atom. The van der Waals surface area contributed by atoms with Crippen LogP contribution in [0.5, 0.6) is 0 Å². The minimum Gasteiger partial charge on any atom is -0.398 e. The maximum absolute atomic E-state index is 13.9. The highest BCUT2D eigenvalue weighted by Crippen LogP contribution is 2.31. The number of benzene rings is 1. The van der Waals surface area contributed by atoms with Crippen molar-refractivity contribution in [1.29, 1.82) is 0 Å². The molecule has 0 fully saturated rings. The zero-order valence-corrected chi connectivity index (χ0v) is 11.4. The lowest BCUT2D eigenvalue weighted by Crippen LogP contribution is -2.13. The second-order valence-corrected chi connectivity index (χ2v) is 4.63. The molecule has 0 amide bonds. The maximum Gasteiger partial charge on any atom is 0.376 e. The average Bonchev–Trinajstić information content (AvgIpc) is 2.39. The number of nitrogens with zero attached hydrogens (tertiary/aromatic N) is 1. The molecule has 2 rings (SSSR count). The molecule has 1 aromatic heterocycles. The van der Waals surface area contributed by atoms with E-state index in [1.807, 2.05) is 0 Å². The minimum atomic E-state index is -0.983. The first-order chi connectivity index (χ1) is 9.43. The predicted molar refractivity (Wildman–Crippen MR) is 73.7 cm³/mol. The zero-order valence-electron chi connectivity index (χ0n) is 9.86. The van der Waals surface area contributed by atoms with Gasteiger partial charge in [0.05, 0.1) is 5.02 Å². The zero-order chi connectivity index (χ0) is 14.9. The van der Waals surface area contributed by atoms with Gasteiger partial charge in [-0.2, -0.15) is 5.90 Å². The van der Waals surface area contributed by atoms with Gasteiger partial charge in [-0.15, -0.1) is 0 Å². The number of carbonyl (C=O) groups is 1. The van der Waals surface area contributed by atoms with Crippen LogP contribution in [0, 0.1) is 5.82 Å². The lowest BCUT2D eigenvalue weighted by molar-refractivity contribution is 0.0497. The van der Waals surface area contributed by atoms with Crippen LogP contribution in [0.15, 0.2) is 24.3 Å². The SMILES string of the molecule is NOC(=O)c1nc(-c2ccc(Cl)cc2N)c(F)cc1Cl. The summed E-state index contributed by atoms with van der Waals surface area (Å²) in [7, 11) is 0. The Labute approximate surface area is 123 Å². The van der Waals surface area contributed by atoms with Crippen LogP contribution in [-0.4, -0.2) is 11.0 Å². The molecule has 2 aromatic rings. The molecule has 0 saturated carbocycles. The maximum atomic E-state index is 13.9. The lowest BCUT2D eigenvalue weighted by Gasteiger charge is -2.09. The number of hydrogen-bond acceptors (Lipinski definition) is 5. The number of anilines is 1. The van der Waals surface area contributed by atoms with Gasteiger partial charge in [0.1, 0.15) is 5.69 Å². The molecule has 1 aromatic carbocycles. The molecule has 0 spiro atoms. The van der Waals surface area contributed by atoms with Crippen LogP contribution in [0.1, 0.15) is 10.5 Å². The summed E-state index contributed by atoms with van der Waals surface area (Å²) >= 11 is 11.5. The van der Waals surface area contributed by atoms with E-state index in [0.717, 1.165) is 6.07 Å². The number of nitrogen functional groups attached to an aromatic ring is 1. The first kappa shape index (κ1) is 14.5. The molecule has 0 atom stereocenters. The first-order valence-electron chi connectivity index (χ1n) is 5.26. The van der Waals surface area contributed by atoms with Gasteiger partial charge in [0.2, 0.25) is 0 Å². The standard InChI is InChI=1S/C12H8Cl2FN3O2/c13-5-1-2-6(9(16)3-5)10-8(15)4-7(14)11(18-10)12(19)20-17/h1-4H,16-17H2. The summed E-state index contributed by atoms with van der Waals surface area (Å²) in [5.41, 5.74) is 5.78. The van der Waals surface area contributed by atoms with E-state index in [-0.39, 0.29) is 27.7 Å². The van der Waals surface area contributed by atoms with Crippen LogP contribution >= 0.6 is 23.2 Å². The molecule has 104 valence electrons. The van der Waals surface area contributed by atoms with E-state index in [2.05, 4.69) is 9.82 Å². The van der Waals surface area contributed by atoms with E-state index < -0.39 is 11.8 Å². The largest absolute Gasteiger partial charge is 0.398 e. The Morgan fingerprint density at radius 1 is 1.30 bits per heavy atom. The second kappa shape index (κ2) is 5.62. The third-order valence-corrected chi connectivity index (χ3v) is 3.02. The molecule has 0 bridgehead atoms. The van der Waals surface area contributed by atoms with E-state index in [4.69, 9.17) is 34.8 Å². The smallest absolute Gasteiger partial charge is 0.376 e. The number of carbonyl (C=O) groups excluding carboxylic acids is 1. The van der Waals surface area contributed by atoms with Crippen LogP contribution < -0.4 is 11.6 Å². The fourth-order valence-electron chi connectivity index (χ4n) is 1.60. The monoisotopic (exact) mass is 315 g/mol. The molecular weight excluding hydrogens is 308 g/mol. The number of pyridine rings is 1. The Morgan fingerprint density at radius 2 is 2.00 bits per heavy atom.